The van der Waals surface area contributed by atoms with Gasteiger partial charge in [0.25, 0.3) is 0 Å². The van der Waals surface area contributed by atoms with Gasteiger partial charge in [0, 0.05) is 18.9 Å². The highest BCUT2D eigenvalue weighted by molar-refractivity contribution is 7.99. The highest BCUT2D eigenvalue weighted by atomic mass is 32.2. The van der Waals surface area contributed by atoms with Crippen LogP contribution in [0, 0.1) is 5.92 Å². The summed E-state index contributed by atoms with van der Waals surface area (Å²) in [7, 11) is 0. The number of imidazole rings is 1. The van der Waals surface area contributed by atoms with Crippen LogP contribution >= 0.6 is 11.8 Å². The molecule has 0 amide bonds. The van der Waals surface area contributed by atoms with Crippen molar-refractivity contribution in [2.75, 3.05) is 18.1 Å². The summed E-state index contributed by atoms with van der Waals surface area (Å²) in [5, 5.41) is 3.69. The molecule has 0 saturated carbocycles. The highest BCUT2D eigenvalue weighted by Gasteiger charge is 2.28. The molecule has 1 aromatic heterocycles. The molecule has 17 heavy (non-hydrogen) atoms. The normalized spacial score (nSPS) is 21.9. The van der Waals surface area contributed by atoms with E-state index in [4.69, 9.17) is 0 Å². The van der Waals surface area contributed by atoms with Gasteiger partial charge in [-0.2, -0.15) is 11.8 Å². The summed E-state index contributed by atoms with van der Waals surface area (Å²) < 4.78 is 2.27. The molecule has 1 aliphatic heterocycles. The molecule has 1 aliphatic rings. The van der Waals surface area contributed by atoms with Crippen molar-refractivity contribution in [2.24, 2.45) is 5.92 Å². The molecule has 2 unspecified atom stereocenters. The fourth-order valence-corrected chi connectivity index (χ4v) is 3.75. The van der Waals surface area contributed by atoms with Gasteiger partial charge in [-0.3, -0.25) is 0 Å². The van der Waals surface area contributed by atoms with Crippen molar-refractivity contribution in [2.45, 2.75) is 39.3 Å². The number of nitrogens with one attached hydrogen (secondary N) is 1. The molecule has 2 atom stereocenters. The molecule has 3 nitrogen and oxygen atoms in total. The number of thioether (sulfide) groups is 1. The van der Waals surface area contributed by atoms with Gasteiger partial charge in [-0.25, -0.2) is 4.98 Å². The molecule has 0 aromatic carbocycles. The lowest BCUT2D eigenvalue weighted by atomic mass is 9.98. The van der Waals surface area contributed by atoms with Crippen molar-refractivity contribution >= 4 is 11.8 Å². The summed E-state index contributed by atoms with van der Waals surface area (Å²) in [6.45, 7) is 6.51. The zero-order valence-electron chi connectivity index (χ0n) is 10.9. The van der Waals surface area contributed by atoms with Crippen LogP contribution in [0.5, 0.6) is 0 Å². The van der Waals surface area contributed by atoms with Crippen LogP contribution in [0.3, 0.4) is 0 Å². The van der Waals surface area contributed by atoms with Crippen LogP contribution in [0.4, 0.5) is 0 Å². The quantitative estimate of drug-likeness (QED) is 0.845. The van der Waals surface area contributed by atoms with Crippen LogP contribution in [0.15, 0.2) is 12.4 Å². The number of nitrogens with zero attached hydrogens (tertiary/aromatic N) is 2. The molecule has 1 N–H and O–H groups in total. The molecule has 1 saturated heterocycles. The number of rotatable bonds is 6. The van der Waals surface area contributed by atoms with Gasteiger partial charge in [0.05, 0.1) is 6.04 Å². The minimum Gasteiger partial charge on any atom is -0.334 e. The van der Waals surface area contributed by atoms with Gasteiger partial charge in [-0.1, -0.05) is 6.92 Å². The Labute approximate surface area is 108 Å². The van der Waals surface area contributed by atoms with Crippen LogP contribution in [-0.2, 0) is 6.54 Å². The topological polar surface area (TPSA) is 29.9 Å². The average molecular weight is 253 g/mol. The van der Waals surface area contributed by atoms with Crippen LogP contribution < -0.4 is 5.32 Å². The minimum atomic E-state index is 0.444. The van der Waals surface area contributed by atoms with E-state index in [1.165, 1.54) is 30.2 Å². The number of hydrogen-bond donors (Lipinski definition) is 1. The number of hydrogen-bond acceptors (Lipinski definition) is 3. The van der Waals surface area contributed by atoms with Gasteiger partial charge in [-0.15, -0.1) is 0 Å². The monoisotopic (exact) mass is 253 g/mol. The average Bonchev–Trinajstić information content (AvgIpc) is 3.00. The lowest BCUT2D eigenvalue weighted by Crippen LogP contribution is -2.31. The van der Waals surface area contributed by atoms with Gasteiger partial charge in [0.15, 0.2) is 0 Å². The second-order valence-corrected chi connectivity index (χ2v) is 5.78. The Balaban J connectivity index is 2.13. The van der Waals surface area contributed by atoms with Crippen LogP contribution in [0.25, 0.3) is 0 Å². The fraction of sp³-hybridized carbons (Fsp3) is 0.769. The van der Waals surface area contributed by atoms with E-state index in [9.17, 15) is 0 Å². The molecule has 4 heteroatoms. The first-order chi connectivity index (χ1) is 8.36. The summed E-state index contributed by atoms with van der Waals surface area (Å²) in [5.41, 5.74) is 0. The Kier molecular flexibility index (Phi) is 4.92. The summed E-state index contributed by atoms with van der Waals surface area (Å²) in [6, 6.07) is 0.444. The first-order valence-electron chi connectivity index (χ1n) is 6.69. The molecule has 1 fully saturated rings. The summed E-state index contributed by atoms with van der Waals surface area (Å²) in [4.78, 5) is 4.58. The van der Waals surface area contributed by atoms with Crippen LogP contribution in [0.2, 0.25) is 0 Å². The zero-order valence-corrected chi connectivity index (χ0v) is 11.7. The van der Waals surface area contributed by atoms with E-state index in [-0.39, 0.29) is 0 Å². The Morgan fingerprint density at radius 2 is 2.47 bits per heavy atom. The Bertz CT molecular complexity index is 331. The van der Waals surface area contributed by atoms with E-state index in [2.05, 4.69) is 46.7 Å². The maximum atomic E-state index is 4.58. The smallest absolute Gasteiger partial charge is 0.126 e. The summed E-state index contributed by atoms with van der Waals surface area (Å²) in [5.74, 6) is 4.56. The largest absolute Gasteiger partial charge is 0.334 e. The molecule has 1 aromatic rings. The van der Waals surface area contributed by atoms with Gasteiger partial charge in [0.2, 0.25) is 0 Å². The summed E-state index contributed by atoms with van der Waals surface area (Å²) in [6.07, 6.45) is 6.53. The van der Waals surface area contributed by atoms with E-state index in [0.29, 0.717) is 6.04 Å². The van der Waals surface area contributed by atoms with Gasteiger partial charge in [0.1, 0.15) is 5.82 Å². The van der Waals surface area contributed by atoms with Crippen molar-refractivity contribution in [3.63, 3.8) is 0 Å². The van der Waals surface area contributed by atoms with Gasteiger partial charge >= 0.3 is 0 Å². The molecular weight excluding hydrogens is 230 g/mol. The van der Waals surface area contributed by atoms with E-state index in [1.807, 2.05) is 6.20 Å². The number of aromatic nitrogens is 2. The van der Waals surface area contributed by atoms with E-state index in [1.54, 1.807) is 0 Å². The van der Waals surface area contributed by atoms with E-state index in [0.717, 1.165) is 19.0 Å². The molecular formula is C13H23N3S. The second-order valence-electron chi connectivity index (χ2n) is 4.63. The molecule has 0 bridgehead atoms. The Morgan fingerprint density at radius 1 is 1.59 bits per heavy atom. The molecule has 0 aliphatic carbocycles. The van der Waals surface area contributed by atoms with Crippen LogP contribution in [-0.4, -0.2) is 27.6 Å². The van der Waals surface area contributed by atoms with E-state index >= 15 is 0 Å². The van der Waals surface area contributed by atoms with Crippen molar-refractivity contribution in [1.29, 1.82) is 0 Å². The maximum absolute atomic E-state index is 4.58. The maximum Gasteiger partial charge on any atom is 0.126 e. The minimum absolute atomic E-state index is 0.444. The molecule has 0 spiro atoms. The first kappa shape index (κ1) is 13.0. The zero-order chi connectivity index (χ0) is 12.1. The molecule has 0 radical (unpaired) electrons. The first-order valence-corrected chi connectivity index (χ1v) is 7.84. The third-order valence-electron chi connectivity index (χ3n) is 3.42. The standard InChI is InChI=1S/C13H23N3S/c1-3-6-14-12(11-5-9-17-10-11)13-15-7-8-16(13)4-2/h7-8,11-12,14H,3-6,9-10H2,1-2H3. The van der Waals surface area contributed by atoms with Crippen molar-refractivity contribution < 1.29 is 0 Å². The second kappa shape index (κ2) is 6.45. The van der Waals surface area contributed by atoms with Gasteiger partial charge in [-0.05, 0) is 43.7 Å². The molecule has 96 valence electrons. The fourth-order valence-electron chi connectivity index (χ4n) is 2.45. The highest BCUT2D eigenvalue weighted by Crippen LogP contribution is 2.33. The molecule has 2 heterocycles. The predicted molar refractivity (Wildman–Crippen MR) is 74.4 cm³/mol. The van der Waals surface area contributed by atoms with Crippen molar-refractivity contribution in [1.82, 2.24) is 14.9 Å². The Morgan fingerprint density at radius 3 is 3.12 bits per heavy atom. The van der Waals surface area contributed by atoms with Crippen molar-refractivity contribution in [3.05, 3.63) is 18.2 Å². The Hall–Kier alpha value is -0.480. The third kappa shape index (κ3) is 3.05. The van der Waals surface area contributed by atoms with E-state index < -0.39 is 0 Å². The summed E-state index contributed by atoms with van der Waals surface area (Å²) >= 11 is 2.08. The lowest BCUT2D eigenvalue weighted by molar-refractivity contribution is 0.366. The van der Waals surface area contributed by atoms with Crippen molar-refractivity contribution in [3.8, 4) is 0 Å². The predicted octanol–water partition coefficient (Wildman–Crippen LogP) is 2.70. The third-order valence-corrected chi connectivity index (χ3v) is 4.61. The SMILES string of the molecule is CCCNC(c1nccn1CC)C1CCSC1. The number of aryl methyl sites for hydroxylation is 1. The van der Waals surface area contributed by atoms with Crippen LogP contribution in [0.1, 0.15) is 38.6 Å². The molecule has 2 rings (SSSR count). The van der Waals surface area contributed by atoms with Gasteiger partial charge < -0.3 is 9.88 Å². The lowest BCUT2D eigenvalue weighted by Gasteiger charge is -2.24.